The van der Waals surface area contributed by atoms with Crippen LogP contribution in [0.25, 0.3) is 0 Å². The van der Waals surface area contributed by atoms with E-state index in [1.807, 2.05) is 14.1 Å². The third kappa shape index (κ3) is 7.60. The fourth-order valence-electron chi connectivity index (χ4n) is 10.5. The topological polar surface area (TPSA) is 164 Å². The van der Waals surface area contributed by atoms with Gasteiger partial charge in [-0.2, -0.15) is 8.42 Å². The first-order chi connectivity index (χ1) is 19.9. The maximum Gasteiger partial charge on any atom is 0.267 e. The molecule has 4 aliphatic carbocycles. The van der Waals surface area contributed by atoms with E-state index in [0.717, 1.165) is 44.9 Å². The molecule has 11 heteroatoms. The number of aliphatic hydroxyl groups excluding tert-OH is 4. The summed E-state index contributed by atoms with van der Waals surface area (Å²) in [5.74, 6) is 0.890. The number of rotatable bonds is 12. The average Bonchev–Trinajstić information content (AvgIpc) is 3.24. The van der Waals surface area contributed by atoms with E-state index in [1.165, 1.54) is 0 Å². The van der Waals surface area contributed by atoms with Crippen molar-refractivity contribution < 1.29 is 42.7 Å². The van der Waals surface area contributed by atoms with Crippen LogP contribution in [0.1, 0.15) is 85.0 Å². The molecule has 1 amide bonds. The number of nitrogens with zero attached hydrogens (tertiary/aromatic N) is 1. The van der Waals surface area contributed by atoms with E-state index < -0.39 is 28.1 Å². The maximum absolute atomic E-state index is 12.7. The van der Waals surface area contributed by atoms with Gasteiger partial charge in [0.2, 0.25) is 5.91 Å². The number of carbonyl (C=O) groups is 1. The lowest BCUT2D eigenvalue weighted by atomic mass is 9.43. The molecule has 0 aliphatic heterocycles. The predicted octanol–water partition coefficient (Wildman–Crippen LogP) is 2.20. The number of nitrogens with one attached hydrogen (secondary N) is 1. The van der Waals surface area contributed by atoms with Crippen LogP contribution >= 0.6 is 0 Å². The van der Waals surface area contributed by atoms with Crippen LogP contribution < -0.4 is 5.32 Å². The third-order valence-corrected chi connectivity index (χ3v) is 13.5. The molecule has 4 saturated carbocycles. The van der Waals surface area contributed by atoms with E-state index >= 15 is 0 Å². The van der Waals surface area contributed by atoms with Gasteiger partial charge in [0, 0.05) is 19.4 Å². The Balaban J connectivity index is 1.27. The zero-order valence-corrected chi connectivity index (χ0v) is 27.8. The number of aliphatic hydroxyl groups is 4. The minimum Gasteiger partial charge on any atom is -0.393 e. The van der Waals surface area contributed by atoms with E-state index in [1.54, 1.807) is 0 Å². The van der Waals surface area contributed by atoms with Gasteiger partial charge in [-0.15, -0.1) is 0 Å². The summed E-state index contributed by atoms with van der Waals surface area (Å²) in [5.41, 5.74) is -0.222. The Labute approximate surface area is 259 Å². The quantitative estimate of drug-likeness (QED) is 0.108. The first-order valence-corrected chi connectivity index (χ1v) is 18.2. The molecule has 4 fully saturated rings. The van der Waals surface area contributed by atoms with Crippen molar-refractivity contribution in [1.82, 2.24) is 5.32 Å². The third-order valence-electron chi connectivity index (χ3n) is 12.7. The fourth-order valence-corrected chi connectivity index (χ4v) is 11.1. The Morgan fingerprint density at radius 3 is 2.42 bits per heavy atom. The molecule has 0 heterocycles. The molecule has 8 unspecified atom stereocenters. The first-order valence-electron chi connectivity index (χ1n) is 16.6. The van der Waals surface area contributed by atoms with Gasteiger partial charge in [0.15, 0.2) is 0 Å². The lowest BCUT2D eigenvalue weighted by Crippen LogP contribution is -2.62. The van der Waals surface area contributed by atoms with Crippen molar-refractivity contribution in [3.63, 3.8) is 0 Å². The van der Waals surface area contributed by atoms with Gasteiger partial charge in [-0.05, 0) is 97.7 Å². The van der Waals surface area contributed by atoms with Crippen LogP contribution in [0.2, 0.25) is 0 Å². The molecule has 250 valence electrons. The molecule has 0 aromatic carbocycles. The van der Waals surface area contributed by atoms with E-state index in [2.05, 4.69) is 26.1 Å². The molecule has 4 rings (SSSR count). The van der Waals surface area contributed by atoms with Crippen molar-refractivity contribution in [1.29, 1.82) is 0 Å². The van der Waals surface area contributed by atoms with Crippen LogP contribution in [-0.2, 0) is 14.9 Å². The molecule has 43 heavy (non-hydrogen) atoms. The smallest absolute Gasteiger partial charge is 0.267 e. The number of likely N-dealkylation sites (N-methyl/N-ethyl adjacent to an activating group) is 1. The minimum absolute atomic E-state index is 0.00585. The van der Waals surface area contributed by atoms with Crippen molar-refractivity contribution in [3.05, 3.63) is 0 Å². The molecule has 0 bridgehead atoms. The van der Waals surface area contributed by atoms with Crippen LogP contribution in [0.3, 0.4) is 0 Å². The number of fused-ring (bicyclic) bond motifs is 5. The summed E-state index contributed by atoms with van der Waals surface area (Å²) in [7, 11) is -0.484. The number of amides is 1. The summed E-state index contributed by atoms with van der Waals surface area (Å²) in [6.07, 6.45) is 5.56. The molecule has 12 atom stereocenters. The second-order valence-electron chi connectivity index (χ2n) is 16.0. The Morgan fingerprint density at radius 2 is 1.74 bits per heavy atom. The molecule has 6 N–H and O–H groups in total. The van der Waals surface area contributed by atoms with Gasteiger partial charge < -0.3 is 30.2 Å². The van der Waals surface area contributed by atoms with E-state index in [-0.39, 0.29) is 59.2 Å². The van der Waals surface area contributed by atoms with E-state index in [9.17, 15) is 33.6 Å². The molecule has 0 spiro atoms. The molecular weight excluding hydrogens is 572 g/mol. The monoisotopic (exact) mass is 631 g/mol. The van der Waals surface area contributed by atoms with Crippen molar-refractivity contribution >= 4 is 16.0 Å². The SMILES string of the molecule is C[C@H](CCC(=O)NCCC[N+](C)(C)CC(O)CS(=O)(=O)O)[C@H]1CCC2C3C(O)CC4C[C@H](O)CCC4(C)C3C[C@H](O)C21C. The van der Waals surface area contributed by atoms with E-state index in [0.29, 0.717) is 48.7 Å². The second kappa shape index (κ2) is 13.1. The molecule has 0 radical (unpaired) electrons. The molecule has 0 aromatic heterocycles. The Hall–Kier alpha value is -0.820. The average molecular weight is 632 g/mol. The normalized spacial score (nSPS) is 41.1. The van der Waals surface area contributed by atoms with Crippen molar-refractivity contribution in [3.8, 4) is 0 Å². The maximum atomic E-state index is 12.7. The van der Waals surface area contributed by atoms with Crippen LogP contribution in [0.4, 0.5) is 0 Å². The molecule has 4 aliphatic rings. The zero-order valence-electron chi connectivity index (χ0n) is 27.0. The highest BCUT2D eigenvalue weighted by molar-refractivity contribution is 7.85. The summed E-state index contributed by atoms with van der Waals surface area (Å²) in [6.45, 7) is 8.10. The Kier molecular flexibility index (Phi) is 10.7. The minimum atomic E-state index is -4.23. The highest BCUT2D eigenvalue weighted by Crippen LogP contribution is 2.68. The molecule has 10 nitrogen and oxygen atoms in total. The number of hydrogen-bond acceptors (Lipinski definition) is 7. The van der Waals surface area contributed by atoms with Crippen LogP contribution in [0, 0.1) is 46.3 Å². The zero-order chi connectivity index (χ0) is 32.0. The summed E-state index contributed by atoms with van der Waals surface area (Å²) in [4.78, 5) is 12.7. The van der Waals surface area contributed by atoms with Crippen molar-refractivity contribution in [2.45, 2.75) is 109 Å². The molecule has 0 saturated heterocycles. The molecular formula is C32H59N2O8S+. The largest absolute Gasteiger partial charge is 0.393 e. The predicted molar refractivity (Wildman–Crippen MR) is 164 cm³/mol. The fraction of sp³-hybridized carbons (Fsp3) is 0.969. The number of quaternary nitrogens is 1. The lowest BCUT2D eigenvalue weighted by molar-refractivity contribution is -0.893. The Morgan fingerprint density at radius 1 is 1.05 bits per heavy atom. The van der Waals surface area contributed by atoms with Crippen LogP contribution in [0.5, 0.6) is 0 Å². The van der Waals surface area contributed by atoms with Gasteiger partial charge in [-0.1, -0.05) is 20.8 Å². The Bertz CT molecular complexity index is 1090. The highest BCUT2D eigenvalue weighted by Gasteiger charge is 2.65. The van der Waals surface area contributed by atoms with Gasteiger partial charge in [0.05, 0.1) is 39.0 Å². The van der Waals surface area contributed by atoms with Gasteiger partial charge in [-0.25, -0.2) is 0 Å². The van der Waals surface area contributed by atoms with Gasteiger partial charge in [0.1, 0.15) is 18.4 Å². The summed E-state index contributed by atoms with van der Waals surface area (Å²) in [5, 5.41) is 46.5. The van der Waals surface area contributed by atoms with Gasteiger partial charge in [0.25, 0.3) is 10.1 Å². The van der Waals surface area contributed by atoms with Crippen molar-refractivity contribution in [2.75, 3.05) is 39.5 Å². The lowest BCUT2D eigenvalue weighted by Gasteiger charge is -2.63. The summed E-state index contributed by atoms with van der Waals surface area (Å²) < 4.78 is 31.3. The van der Waals surface area contributed by atoms with Crippen molar-refractivity contribution in [2.24, 2.45) is 46.3 Å². The highest BCUT2D eigenvalue weighted by atomic mass is 32.2. The first kappa shape index (κ1) is 35.0. The second-order valence-corrected chi connectivity index (χ2v) is 17.5. The van der Waals surface area contributed by atoms with Crippen LogP contribution in [0.15, 0.2) is 0 Å². The summed E-state index contributed by atoms with van der Waals surface area (Å²) in [6, 6.07) is 0. The number of hydrogen-bond donors (Lipinski definition) is 6. The van der Waals surface area contributed by atoms with E-state index in [4.69, 9.17) is 4.55 Å². The standard InChI is InChI=1S/C32H58N2O8S/c1-20(7-10-29(39)33-13-6-14-34(4,5)18-23(36)19-43(40,41)42)24-8-9-25-30-26(17-28(38)32(24,25)3)31(2)12-11-22(35)15-21(31)16-27(30)37/h20-28,30,35-38H,6-19H2,1-5H3,(H-,33,39,40,41,42)/p+1/t20-,21?,22-,23?,24-,25?,26?,27?,28+,30?,31?,32?/m1/s1. The summed E-state index contributed by atoms with van der Waals surface area (Å²) >= 11 is 0. The molecule has 0 aromatic rings. The van der Waals surface area contributed by atoms with Gasteiger partial charge >= 0.3 is 0 Å². The van der Waals surface area contributed by atoms with Gasteiger partial charge in [-0.3, -0.25) is 9.35 Å². The van der Waals surface area contributed by atoms with Crippen LogP contribution in [-0.4, -0.2) is 108 Å². The number of carbonyl (C=O) groups excluding carboxylic acids is 1.